The minimum absolute atomic E-state index is 0.541. The molecule has 7 rings (SSSR count). The van der Waals surface area contributed by atoms with Crippen LogP contribution in [-0.4, -0.2) is 29.5 Å². The van der Waals surface area contributed by atoms with E-state index in [1.54, 1.807) is 22.6 Å². The maximum absolute atomic E-state index is 6.31. The molecule has 8 heteroatoms. The van der Waals surface area contributed by atoms with E-state index in [1.807, 2.05) is 72.8 Å². The van der Waals surface area contributed by atoms with Gasteiger partial charge in [0.1, 0.15) is 12.1 Å². The molecule has 0 aliphatic carbocycles. The van der Waals surface area contributed by atoms with Crippen LogP contribution >= 0.6 is 11.8 Å². The summed E-state index contributed by atoms with van der Waals surface area (Å²) in [6, 6.07) is 28.3. The number of nitrogens with one attached hydrogen (secondary N) is 1. The SMILES string of the molecule is c1ccc(-c2oc3ncn4nc(CSc5nc6ccccc6[nH]5)nc4c3c2-c2ccccc2)cc1. The van der Waals surface area contributed by atoms with Gasteiger partial charge in [-0.1, -0.05) is 84.6 Å². The van der Waals surface area contributed by atoms with Gasteiger partial charge in [-0.25, -0.2) is 19.5 Å². The van der Waals surface area contributed by atoms with E-state index < -0.39 is 0 Å². The Hall–Kier alpha value is -4.43. The molecule has 168 valence electrons. The van der Waals surface area contributed by atoms with E-state index in [1.165, 1.54) is 0 Å². The van der Waals surface area contributed by atoms with Gasteiger partial charge in [0.05, 0.1) is 22.2 Å². The Bertz CT molecular complexity index is 1770. The third-order valence-electron chi connectivity index (χ3n) is 5.88. The summed E-state index contributed by atoms with van der Waals surface area (Å²) >= 11 is 1.57. The number of hydrogen-bond donors (Lipinski definition) is 1. The van der Waals surface area contributed by atoms with Gasteiger partial charge in [-0.2, -0.15) is 0 Å². The molecule has 0 atom stereocenters. The molecule has 0 unspecified atom stereocenters. The number of fused-ring (bicyclic) bond motifs is 4. The molecule has 0 amide bonds. The van der Waals surface area contributed by atoms with Gasteiger partial charge in [-0.15, -0.1) is 5.10 Å². The number of H-pyrrole nitrogens is 1. The molecule has 0 radical (unpaired) electrons. The zero-order valence-corrected chi connectivity index (χ0v) is 19.2. The molecule has 4 aromatic heterocycles. The van der Waals surface area contributed by atoms with Crippen molar-refractivity contribution in [1.82, 2.24) is 29.5 Å². The molecule has 0 aliphatic heterocycles. The molecular weight excluding hydrogens is 456 g/mol. The fourth-order valence-corrected chi connectivity index (χ4v) is 5.04. The van der Waals surface area contributed by atoms with Crippen LogP contribution in [0.25, 0.3) is 50.2 Å². The van der Waals surface area contributed by atoms with Gasteiger partial charge in [0, 0.05) is 11.1 Å². The summed E-state index contributed by atoms with van der Waals surface area (Å²) in [5.74, 6) is 2.05. The highest BCUT2D eigenvalue weighted by Crippen LogP contribution is 2.41. The van der Waals surface area contributed by atoms with E-state index in [9.17, 15) is 0 Å². The Balaban J connectivity index is 1.35. The van der Waals surface area contributed by atoms with E-state index in [0.29, 0.717) is 17.3 Å². The van der Waals surface area contributed by atoms with Crippen LogP contribution in [0.5, 0.6) is 0 Å². The summed E-state index contributed by atoms with van der Waals surface area (Å²) in [5.41, 5.74) is 6.23. The smallest absolute Gasteiger partial charge is 0.232 e. The number of aromatic amines is 1. The highest BCUT2D eigenvalue weighted by atomic mass is 32.2. The number of imidazole rings is 1. The van der Waals surface area contributed by atoms with Crippen LogP contribution in [0.4, 0.5) is 0 Å². The number of thioether (sulfide) groups is 1. The summed E-state index contributed by atoms with van der Waals surface area (Å²) < 4.78 is 8.04. The van der Waals surface area contributed by atoms with Gasteiger partial charge >= 0.3 is 0 Å². The van der Waals surface area contributed by atoms with Gasteiger partial charge in [0.25, 0.3) is 0 Å². The van der Waals surface area contributed by atoms with Crippen molar-refractivity contribution in [2.45, 2.75) is 10.9 Å². The van der Waals surface area contributed by atoms with Crippen LogP contribution in [0.15, 0.2) is 101 Å². The maximum atomic E-state index is 6.31. The second-order valence-electron chi connectivity index (χ2n) is 8.11. The van der Waals surface area contributed by atoms with Crippen molar-refractivity contribution in [2.75, 3.05) is 0 Å². The predicted octanol–water partition coefficient (Wildman–Crippen LogP) is 6.37. The normalized spacial score (nSPS) is 11.7. The van der Waals surface area contributed by atoms with E-state index >= 15 is 0 Å². The van der Waals surface area contributed by atoms with Crippen molar-refractivity contribution >= 4 is 39.5 Å². The largest absolute Gasteiger partial charge is 0.437 e. The molecule has 0 fully saturated rings. The molecule has 0 saturated carbocycles. The molecule has 3 aromatic carbocycles. The van der Waals surface area contributed by atoms with Crippen molar-refractivity contribution in [2.24, 2.45) is 0 Å². The minimum atomic E-state index is 0.541. The molecule has 0 saturated heterocycles. The number of aromatic nitrogens is 6. The first-order valence-electron chi connectivity index (χ1n) is 11.2. The topological polar surface area (TPSA) is 84.9 Å². The monoisotopic (exact) mass is 474 g/mol. The minimum Gasteiger partial charge on any atom is -0.437 e. The first kappa shape index (κ1) is 20.0. The Labute approximate surface area is 203 Å². The molecule has 35 heavy (non-hydrogen) atoms. The molecule has 7 nitrogen and oxygen atoms in total. The van der Waals surface area contributed by atoms with Crippen LogP contribution in [0.1, 0.15) is 5.82 Å². The lowest BCUT2D eigenvalue weighted by Crippen LogP contribution is -1.91. The van der Waals surface area contributed by atoms with E-state index in [0.717, 1.165) is 49.7 Å². The van der Waals surface area contributed by atoms with Gasteiger partial charge in [0.2, 0.25) is 5.71 Å². The quantitative estimate of drug-likeness (QED) is 0.292. The van der Waals surface area contributed by atoms with Crippen LogP contribution < -0.4 is 0 Å². The number of benzene rings is 3. The van der Waals surface area contributed by atoms with Gasteiger partial charge in [-0.05, 0) is 17.7 Å². The average Bonchev–Trinajstić information content (AvgIpc) is 3.62. The first-order valence-corrected chi connectivity index (χ1v) is 12.2. The summed E-state index contributed by atoms with van der Waals surface area (Å²) in [6.45, 7) is 0. The molecular formula is C27H18N6OS. The Morgan fingerprint density at radius 1 is 0.829 bits per heavy atom. The molecule has 1 N–H and O–H groups in total. The van der Waals surface area contributed by atoms with Crippen LogP contribution in [0.2, 0.25) is 0 Å². The molecule has 4 heterocycles. The zero-order chi connectivity index (χ0) is 23.2. The standard InChI is InChI=1S/C27H18N6OS/c1-3-9-17(10-4-1)22-23-25-31-21(15-35-27-29-19-13-7-8-14-20(19)30-27)32-33(25)16-28-26(23)34-24(22)18-11-5-2-6-12-18/h1-14,16H,15H2,(H,29,30). The summed E-state index contributed by atoms with van der Waals surface area (Å²) in [4.78, 5) is 17.4. The molecule has 0 spiro atoms. The van der Waals surface area contributed by atoms with Gasteiger partial charge < -0.3 is 9.40 Å². The number of hydrogen-bond acceptors (Lipinski definition) is 6. The fraction of sp³-hybridized carbons (Fsp3) is 0.0370. The number of rotatable bonds is 5. The zero-order valence-electron chi connectivity index (χ0n) is 18.4. The van der Waals surface area contributed by atoms with E-state index in [4.69, 9.17) is 9.40 Å². The Morgan fingerprint density at radius 2 is 1.57 bits per heavy atom. The summed E-state index contributed by atoms with van der Waals surface area (Å²) in [6.07, 6.45) is 1.66. The van der Waals surface area contributed by atoms with Crippen molar-refractivity contribution in [3.63, 3.8) is 0 Å². The Kier molecular flexibility index (Phi) is 4.63. The summed E-state index contributed by atoms with van der Waals surface area (Å²) in [7, 11) is 0. The van der Waals surface area contributed by atoms with Gasteiger partial charge in [-0.3, -0.25) is 0 Å². The van der Waals surface area contributed by atoms with Crippen molar-refractivity contribution in [1.29, 1.82) is 0 Å². The van der Waals surface area contributed by atoms with Crippen molar-refractivity contribution in [3.05, 3.63) is 97.1 Å². The van der Waals surface area contributed by atoms with Crippen molar-refractivity contribution < 1.29 is 4.42 Å². The molecule has 7 aromatic rings. The predicted molar refractivity (Wildman–Crippen MR) is 137 cm³/mol. The number of furan rings is 1. The lowest BCUT2D eigenvalue weighted by molar-refractivity contribution is 0.617. The van der Waals surface area contributed by atoms with Crippen LogP contribution in [-0.2, 0) is 5.75 Å². The summed E-state index contributed by atoms with van der Waals surface area (Å²) in [5, 5.41) is 6.38. The second-order valence-corrected chi connectivity index (χ2v) is 9.07. The number of para-hydroxylation sites is 2. The average molecular weight is 475 g/mol. The third-order valence-corrected chi connectivity index (χ3v) is 6.75. The first-order chi connectivity index (χ1) is 17.3. The lowest BCUT2D eigenvalue weighted by Gasteiger charge is -2.03. The van der Waals surface area contributed by atoms with Crippen molar-refractivity contribution in [3.8, 4) is 22.5 Å². The fourth-order valence-electron chi connectivity index (χ4n) is 4.31. The Morgan fingerprint density at radius 3 is 2.37 bits per heavy atom. The number of nitrogens with zero attached hydrogens (tertiary/aromatic N) is 5. The van der Waals surface area contributed by atoms with E-state index in [2.05, 4.69) is 32.2 Å². The highest BCUT2D eigenvalue weighted by Gasteiger charge is 2.22. The van der Waals surface area contributed by atoms with E-state index in [-0.39, 0.29) is 0 Å². The second kappa shape index (κ2) is 8.11. The maximum Gasteiger partial charge on any atom is 0.232 e. The molecule has 0 aliphatic rings. The highest BCUT2D eigenvalue weighted by molar-refractivity contribution is 7.98. The third kappa shape index (κ3) is 3.46. The molecule has 0 bridgehead atoms. The van der Waals surface area contributed by atoms with Crippen LogP contribution in [0.3, 0.4) is 0 Å². The van der Waals surface area contributed by atoms with Gasteiger partial charge in [0.15, 0.2) is 16.6 Å². The van der Waals surface area contributed by atoms with Crippen LogP contribution in [0, 0.1) is 0 Å². The lowest BCUT2D eigenvalue weighted by atomic mass is 9.99.